The number of rotatable bonds is 6. The smallest absolute Gasteiger partial charge is 0.335 e. The monoisotopic (exact) mass is 445 g/mol. The maximum atomic E-state index is 13.9. The largest absolute Gasteiger partial charge is 0.508 e. The first-order chi connectivity index (χ1) is 16.0. The minimum Gasteiger partial charge on any atom is -0.508 e. The maximum Gasteiger partial charge on any atom is 0.335 e. The summed E-state index contributed by atoms with van der Waals surface area (Å²) >= 11 is 0. The molecule has 2 aliphatic heterocycles. The zero-order chi connectivity index (χ0) is 23.0. The van der Waals surface area contributed by atoms with E-state index in [-0.39, 0.29) is 18.1 Å². The van der Waals surface area contributed by atoms with Crippen LogP contribution in [0, 0.1) is 0 Å². The molecule has 3 aromatic carbocycles. The molecule has 0 spiro atoms. The summed E-state index contributed by atoms with van der Waals surface area (Å²) in [4.78, 5) is 27.9. The molecule has 0 radical (unpaired) electrons. The third-order valence-corrected chi connectivity index (χ3v) is 6.15. The number of fused-ring (bicyclic) bond motifs is 2. The van der Waals surface area contributed by atoms with Crippen molar-refractivity contribution >= 4 is 11.8 Å². The summed E-state index contributed by atoms with van der Waals surface area (Å²) in [6.07, 6.45) is -1.99. The van der Waals surface area contributed by atoms with Crippen LogP contribution in [0.1, 0.15) is 21.5 Å². The van der Waals surface area contributed by atoms with E-state index in [1.165, 1.54) is 12.1 Å². The van der Waals surface area contributed by atoms with Crippen molar-refractivity contribution in [2.75, 3.05) is 6.54 Å². The number of Topliss-reactive ketones (excluding diaryl/α,β-unsaturated/α-hetero) is 1. The summed E-state index contributed by atoms with van der Waals surface area (Å²) in [6.45, 7) is 0.633. The van der Waals surface area contributed by atoms with Gasteiger partial charge >= 0.3 is 5.97 Å². The molecule has 2 fully saturated rings. The van der Waals surface area contributed by atoms with Gasteiger partial charge in [0.15, 0.2) is 11.9 Å². The van der Waals surface area contributed by atoms with E-state index in [1.807, 2.05) is 41.3 Å². The van der Waals surface area contributed by atoms with Gasteiger partial charge in [0.1, 0.15) is 17.9 Å². The molecule has 168 valence electrons. The maximum absolute atomic E-state index is 13.9. The number of hydrogen-bond acceptors (Lipinski definition) is 6. The Morgan fingerprint density at radius 3 is 2.18 bits per heavy atom. The minimum atomic E-state index is -1.64. The summed E-state index contributed by atoms with van der Waals surface area (Å²) < 4.78 is 12.4. The highest BCUT2D eigenvalue weighted by molar-refractivity contribution is 6.01. The SMILES string of the molecule is O=C(O)C1OC2(c3ccc(O)cc3)OC1CN(Cc1ccccc1)C2C(=O)c1ccccc1. The topological polar surface area (TPSA) is 96.3 Å². The van der Waals surface area contributed by atoms with Crippen molar-refractivity contribution in [3.8, 4) is 5.75 Å². The van der Waals surface area contributed by atoms with Crippen LogP contribution in [-0.2, 0) is 26.6 Å². The number of nitrogens with zero attached hydrogens (tertiary/aromatic N) is 1. The number of phenolic OH excluding ortho intramolecular Hbond substituents is 1. The van der Waals surface area contributed by atoms with Crippen molar-refractivity contribution in [1.29, 1.82) is 0 Å². The number of aliphatic carboxylic acids is 1. The van der Waals surface area contributed by atoms with E-state index in [0.29, 0.717) is 17.7 Å². The van der Waals surface area contributed by atoms with Crippen LogP contribution in [0.15, 0.2) is 84.9 Å². The Hall–Kier alpha value is -3.52. The van der Waals surface area contributed by atoms with Crippen LogP contribution in [-0.4, -0.2) is 51.7 Å². The van der Waals surface area contributed by atoms with E-state index in [0.717, 1.165) is 5.56 Å². The van der Waals surface area contributed by atoms with Crippen LogP contribution in [0.5, 0.6) is 5.75 Å². The Labute approximate surface area is 190 Å². The van der Waals surface area contributed by atoms with Gasteiger partial charge in [0, 0.05) is 24.2 Å². The Morgan fingerprint density at radius 2 is 1.55 bits per heavy atom. The van der Waals surface area contributed by atoms with E-state index < -0.39 is 30.0 Å². The van der Waals surface area contributed by atoms with Gasteiger partial charge in [-0.15, -0.1) is 0 Å². The van der Waals surface area contributed by atoms with Gasteiger partial charge in [0.25, 0.3) is 0 Å². The molecule has 3 aromatic rings. The molecule has 0 amide bonds. The van der Waals surface area contributed by atoms with Crippen molar-refractivity contribution in [2.24, 2.45) is 0 Å². The molecule has 0 saturated carbocycles. The van der Waals surface area contributed by atoms with Crippen molar-refractivity contribution in [1.82, 2.24) is 4.90 Å². The highest BCUT2D eigenvalue weighted by atomic mass is 16.8. The van der Waals surface area contributed by atoms with Crippen LogP contribution in [0.4, 0.5) is 0 Å². The quantitative estimate of drug-likeness (QED) is 0.563. The molecule has 2 heterocycles. The van der Waals surface area contributed by atoms with Gasteiger partial charge in [-0.2, -0.15) is 0 Å². The summed E-state index contributed by atoms with van der Waals surface area (Å²) in [6, 6.07) is 23.7. The lowest BCUT2D eigenvalue weighted by molar-refractivity contribution is -0.238. The number of ether oxygens (including phenoxy) is 2. The highest BCUT2D eigenvalue weighted by Crippen LogP contribution is 2.48. The van der Waals surface area contributed by atoms with Crippen LogP contribution < -0.4 is 0 Å². The van der Waals surface area contributed by atoms with E-state index in [2.05, 4.69) is 0 Å². The number of morpholine rings is 1. The molecule has 2 aliphatic rings. The molecule has 0 aromatic heterocycles. The zero-order valence-electron chi connectivity index (χ0n) is 17.7. The Bertz CT molecular complexity index is 1150. The van der Waals surface area contributed by atoms with E-state index >= 15 is 0 Å². The molecule has 33 heavy (non-hydrogen) atoms. The number of carbonyl (C=O) groups excluding carboxylic acids is 1. The van der Waals surface area contributed by atoms with Crippen LogP contribution in [0.3, 0.4) is 0 Å². The average molecular weight is 445 g/mol. The van der Waals surface area contributed by atoms with Gasteiger partial charge < -0.3 is 19.7 Å². The Kier molecular flexibility index (Phi) is 5.46. The first-order valence-electron chi connectivity index (χ1n) is 10.7. The van der Waals surface area contributed by atoms with Crippen LogP contribution in [0.2, 0.25) is 0 Å². The first-order valence-corrected chi connectivity index (χ1v) is 10.7. The third-order valence-electron chi connectivity index (χ3n) is 6.15. The summed E-state index contributed by atoms with van der Waals surface area (Å²) in [5.74, 6) is -2.97. The van der Waals surface area contributed by atoms with Gasteiger partial charge in [-0.05, 0) is 29.8 Å². The number of phenols is 1. The average Bonchev–Trinajstić information content (AvgIpc) is 3.15. The van der Waals surface area contributed by atoms with E-state index in [9.17, 15) is 19.8 Å². The molecular weight excluding hydrogens is 422 g/mol. The molecular formula is C26H23NO6. The summed E-state index contributed by atoms with van der Waals surface area (Å²) in [5.41, 5.74) is 1.93. The number of carbonyl (C=O) groups is 2. The fourth-order valence-electron chi connectivity index (χ4n) is 4.69. The van der Waals surface area contributed by atoms with Crippen molar-refractivity contribution < 1.29 is 29.3 Å². The van der Waals surface area contributed by atoms with E-state index in [1.54, 1.807) is 36.4 Å². The lowest BCUT2D eigenvalue weighted by atomic mass is 9.88. The highest BCUT2D eigenvalue weighted by Gasteiger charge is 2.63. The van der Waals surface area contributed by atoms with Gasteiger partial charge in [0.2, 0.25) is 5.79 Å². The Balaban J connectivity index is 1.65. The predicted molar refractivity (Wildman–Crippen MR) is 119 cm³/mol. The minimum absolute atomic E-state index is 0.0439. The fourth-order valence-corrected chi connectivity index (χ4v) is 4.69. The number of ketones is 1. The molecule has 2 N–H and O–H groups in total. The molecule has 2 bridgehead atoms. The third kappa shape index (κ3) is 3.80. The molecule has 4 atom stereocenters. The van der Waals surface area contributed by atoms with E-state index in [4.69, 9.17) is 9.47 Å². The fraction of sp³-hybridized carbons (Fsp3) is 0.231. The van der Waals surface area contributed by atoms with Crippen molar-refractivity contribution in [3.63, 3.8) is 0 Å². The molecule has 2 saturated heterocycles. The standard InChI is InChI=1S/C26H23NO6/c28-20-13-11-19(12-14-20)26-24(22(29)18-9-5-2-6-10-18)27(15-17-7-3-1-4-8-17)16-21(32-26)23(33-26)25(30)31/h1-14,21,23-24,28H,15-16H2,(H,30,31). The molecule has 7 heteroatoms. The number of carboxylic acid groups (broad SMARTS) is 1. The number of hydrogen-bond donors (Lipinski definition) is 2. The lowest BCUT2D eigenvalue weighted by Gasteiger charge is -2.45. The van der Waals surface area contributed by atoms with Gasteiger partial charge in [0.05, 0.1) is 0 Å². The summed E-state index contributed by atoms with van der Waals surface area (Å²) in [7, 11) is 0. The second-order valence-corrected chi connectivity index (χ2v) is 8.30. The molecule has 4 unspecified atom stereocenters. The second kappa shape index (κ2) is 8.44. The van der Waals surface area contributed by atoms with Gasteiger partial charge in [-0.25, -0.2) is 4.79 Å². The second-order valence-electron chi connectivity index (χ2n) is 8.30. The van der Waals surface area contributed by atoms with Gasteiger partial charge in [-0.3, -0.25) is 9.69 Å². The summed E-state index contributed by atoms with van der Waals surface area (Å²) in [5, 5.41) is 19.6. The van der Waals surface area contributed by atoms with Crippen LogP contribution >= 0.6 is 0 Å². The van der Waals surface area contributed by atoms with Crippen molar-refractivity contribution in [2.45, 2.75) is 30.6 Å². The first kappa shape index (κ1) is 21.3. The normalized spacial score (nSPS) is 26.7. The number of carboxylic acids is 1. The zero-order valence-corrected chi connectivity index (χ0v) is 17.7. The van der Waals surface area contributed by atoms with Crippen LogP contribution in [0.25, 0.3) is 0 Å². The molecule has 0 aliphatic carbocycles. The lowest BCUT2D eigenvalue weighted by Crippen LogP contribution is -2.60. The number of benzene rings is 3. The predicted octanol–water partition coefficient (Wildman–Crippen LogP) is 3.18. The Morgan fingerprint density at radius 1 is 0.909 bits per heavy atom. The molecule has 5 rings (SSSR count). The van der Waals surface area contributed by atoms with Gasteiger partial charge in [-0.1, -0.05) is 60.7 Å². The number of aromatic hydroxyl groups is 1. The van der Waals surface area contributed by atoms with Crippen molar-refractivity contribution in [3.05, 3.63) is 102 Å². The molecule has 7 nitrogen and oxygen atoms in total.